The van der Waals surface area contributed by atoms with Crippen LogP contribution in [0.1, 0.15) is 24.5 Å². The van der Waals surface area contributed by atoms with Crippen LogP contribution in [-0.4, -0.2) is 16.8 Å². The molecule has 2 aromatic carbocycles. The Kier molecular flexibility index (Phi) is 5.27. The topological polar surface area (TPSA) is 67.5 Å². The molecule has 4 nitrogen and oxygen atoms in total. The highest BCUT2D eigenvalue weighted by molar-refractivity contribution is 8.13. The fourth-order valence-electron chi connectivity index (χ4n) is 2.93. The van der Waals surface area contributed by atoms with Crippen LogP contribution in [-0.2, 0) is 16.8 Å². The van der Waals surface area contributed by atoms with Crippen LogP contribution in [0.25, 0.3) is 0 Å². The van der Waals surface area contributed by atoms with Crippen LogP contribution in [0.5, 0.6) is 0 Å². The fourth-order valence-corrected chi connectivity index (χ4v) is 3.90. The molecule has 1 aliphatic heterocycles. The van der Waals surface area contributed by atoms with Crippen LogP contribution in [0, 0.1) is 11.6 Å². The maximum Gasteiger partial charge on any atom is 0.228 e. The molecule has 7 heteroatoms. The average molecular weight is 375 g/mol. The molecular weight excluding hydrogens is 356 g/mol. The second-order valence-electron chi connectivity index (χ2n) is 6.41. The number of rotatable bonds is 4. The van der Waals surface area contributed by atoms with Crippen molar-refractivity contribution in [1.29, 1.82) is 0 Å². The first-order chi connectivity index (χ1) is 12.3. The maximum atomic E-state index is 13.2. The highest BCUT2D eigenvalue weighted by Gasteiger charge is 2.29. The van der Waals surface area contributed by atoms with Crippen LogP contribution >= 0.6 is 11.8 Å². The number of nitrogens with one attached hydrogen (secondary N) is 1. The van der Waals surface area contributed by atoms with E-state index in [2.05, 4.69) is 10.3 Å². The van der Waals surface area contributed by atoms with E-state index in [9.17, 15) is 13.6 Å². The molecule has 0 aromatic heterocycles. The van der Waals surface area contributed by atoms with Gasteiger partial charge < -0.3 is 11.1 Å². The second kappa shape index (κ2) is 7.45. The van der Waals surface area contributed by atoms with E-state index < -0.39 is 17.2 Å². The lowest BCUT2D eigenvalue weighted by molar-refractivity contribution is -0.115. The van der Waals surface area contributed by atoms with Gasteiger partial charge in [0.1, 0.15) is 11.6 Å². The third-order valence-electron chi connectivity index (χ3n) is 4.25. The number of amidine groups is 1. The molecule has 2 aromatic rings. The predicted octanol–water partition coefficient (Wildman–Crippen LogP) is 3.81. The van der Waals surface area contributed by atoms with Crippen molar-refractivity contribution in [2.45, 2.75) is 25.3 Å². The predicted molar refractivity (Wildman–Crippen MR) is 101 cm³/mol. The van der Waals surface area contributed by atoms with Crippen LogP contribution in [0.2, 0.25) is 0 Å². The summed E-state index contributed by atoms with van der Waals surface area (Å²) in [5.74, 6) is -0.866. The smallest absolute Gasteiger partial charge is 0.228 e. The molecule has 26 heavy (non-hydrogen) atoms. The SMILES string of the molecule is CC1(c2cccc(NC(=O)Cc3cc(F)cc(F)c3)c2)CCSC(N)=N1. The van der Waals surface area contributed by atoms with Crippen molar-refractivity contribution in [3.63, 3.8) is 0 Å². The third-order valence-corrected chi connectivity index (χ3v) is 5.05. The zero-order chi connectivity index (χ0) is 18.7. The van der Waals surface area contributed by atoms with Gasteiger partial charge in [-0.3, -0.25) is 9.79 Å². The summed E-state index contributed by atoms with van der Waals surface area (Å²) in [5, 5.41) is 3.33. The lowest BCUT2D eigenvalue weighted by atomic mass is 9.89. The molecule has 3 rings (SSSR count). The molecule has 0 spiro atoms. The molecule has 3 N–H and O–H groups in total. The van der Waals surface area contributed by atoms with Crippen LogP contribution in [0.3, 0.4) is 0 Å². The van der Waals surface area contributed by atoms with Crippen molar-refractivity contribution in [1.82, 2.24) is 0 Å². The number of thioether (sulfide) groups is 1. The van der Waals surface area contributed by atoms with Gasteiger partial charge in [-0.05, 0) is 48.7 Å². The first kappa shape index (κ1) is 18.4. The number of anilines is 1. The number of benzene rings is 2. The molecule has 0 bridgehead atoms. The van der Waals surface area contributed by atoms with Crippen LogP contribution < -0.4 is 11.1 Å². The molecule has 1 atom stereocenters. The summed E-state index contributed by atoms with van der Waals surface area (Å²) < 4.78 is 26.5. The Hall–Kier alpha value is -2.41. The molecule has 0 saturated heterocycles. The molecule has 136 valence electrons. The van der Waals surface area contributed by atoms with Crippen molar-refractivity contribution >= 4 is 28.5 Å². The first-order valence-corrected chi connectivity index (χ1v) is 9.16. The van der Waals surface area contributed by atoms with E-state index >= 15 is 0 Å². The minimum atomic E-state index is -0.701. The van der Waals surface area contributed by atoms with Gasteiger partial charge in [-0.2, -0.15) is 0 Å². The number of hydrogen-bond acceptors (Lipinski definition) is 4. The summed E-state index contributed by atoms with van der Waals surface area (Å²) in [7, 11) is 0. The van der Waals surface area contributed by atoms with Crippen molar-refractivity contribution in [2.75, 3.05) is 11.1 Å². The normalized spacial score (nSPS) is 19.7. The van der Waals surface area contributed by atoms with Gasteiger partial charge >= 0.3 is 0 Å². The maximum absolute atomic E-state index is 13.2. The number of halogens is 2. The van der Waals surface area contributed by atoms with E-state index in [0.717, 1.165) is 35.9 Å². The summed E-state index contributed by atoms with van der Waals surface area (Å²) >= 11 is 1.53. The summed E-state index contributed by atoms with van der Waals surface area (Å²) in [4.78, 5) is 16.8. The highest BCUT2D eigenvalue weighted by atomic mass is 32.2. The summed E-state index contributed by atoms with van der Waals surface area (Å²) in [6.45, 7) is 2.01. The van der Waals surface area contributed by atoms with Crippen LogP contribution in [0.4, 0.5) is 14.5 Å². The number of aliphatic imine (C=N–C) groups is 1. The van der Waals surface area contributed by atoms with Crippen LogP contribution in [0.15, 0.2) is 47.5 Å². The molecule has 1 unspecified atom stereocenters. The van der Waals surface area contributed by atoms with Crippen molar-refractivity contribution < 1.29 is 13.6 Å². The largest absolute Gasteiger partial charge is 0.379 e. The molecule has 1 amide bonds. The van der Waals surface area contributed by atoms with Gasteiger partial charge in [0.2, 0.25) is 5.91 Å². The van der Waals surface area contributed by atoms with Gasteiger partial charge in [0.05, 0.1) is 12.0 Å². The number of nitrogens with zero attached hydrogens (tertiary/aromatic N) is 1. The van der Waals surface area contributed by atoms with Crippen molar-refractivity contribution in [3.8, 4) is 0 Å². The van der Waals surface area contributed by atoms with E-state index in [1.54, 1.807) is 6.07 Å². The minimum Gasteiger partial charge on any atom is -0.379 e. The molecule has 0 aliphatic carbocycles. The molecule has 1 heterocycles. The van der Waals surface area contributed by atoms with Gasteiger partial charge in [-0.1, -0.05) is 23.9 Å². The van der Waals surface area contributed by atoms with Gasteiger partial charge in [0, 0.05) is 17.5 Å². The summed E-state index contributed by atoms with van der Waals surface area (Å²) in [6.07, 6.45) is 0.732. The van der Waals surface area contributed by atoms with E-state index in [-0.39, 0.29) is 17.9 Å². The molecule has 1 aliphatic rings. The standard InChI is InChI=1S/C19H19F2N3OS/c1-19(5-6-26-18(22)24-19)13-3-2-4-16(10-13)23-17(25)9-12-7-14(20)11-15(21)8-12/h2-4,7-8,10-11H,5-6,9H2,1H3,(H2,22,24)(H,23,25). The molecule has 0 saturated carbocycles. The Morgan fingerprint density at radius 3 is 2.69 bits per heavy atom. The lowest BCUT2D eigenvalue weighted by Gasteiger charge is -2.30. The minimum absolute atomic E-state index is 0.113. The number of nitrogens with two attached hydrogens (primary N) is 1. The lowest BCUT2D eigenvalue weighted by Crippen LogP contribution is -2.28. The molecule has 0 fully saturated rings. The zero-order valence-corrected chi connectivity index (χ0v) is 15.1. The number of amides is 1. The third kappa shape index (κ3) is 4.40. The van der Waals surface area contributed by atoms with Gasteiger partial charge in [-0.15, -0.1) is 0 Å². The van der Waals surface area contributed by atoms with Gasteiger partial charge in [0.15, 0.2) is 5.17 Å². The fraction of sp³-hybridized carbons (Fsp3) is 0.263. The van der Waals surface area contributed by atoms with E-state index in [4.69, 9.17) is 5.73 Å². The van der Waals surface area contributed by atoms with Crippen molar-refractivity contribution in [2.24, 2.45) is 10.7 Å². The quantitative estimate of drug-likeness (QED) is 0.854. The first-order valence-electron chi connectivity index (χ1n) is 8.17. The molecular formula is C19H19F2N3OS. The Morgan fingerprint density at radius 1 is 1.27 bits per heavy atom. The monoisotopic (exact) mass is 375 g/mol. The zero-order valence-electron chi connectivity index (χ0n) is 14.3. The number of carbonyl (C=O) groups is 1. The Morgan fingerprint density at radius 2 is 2.00 bits per heavy atom. The van der Waals surface area contributed by atoms with Gasteiger partial charge in [-0.25, -0.2) is 8.78 Å². The Bertz CT molecular complexity index is 851. The number of hydrogen-bond donors (Lipinski definition) is 2. The summed E-state index contributed by atoms with van der Waals surface area (Å²) in [5.41, 5.74) is 7.28. The highest BCUT2D eigenvalue weighted by Crippen LogP contribution is 2.35. The number of carbonyl (C=O) groups excluding carboxylic acids is 1. The van der Waals surface area contributed by atoms with E-state index in [0.29, 0.717) is 10.9 Å². The van der Waals surface area contributed by atoms with E-state index in [1.165, 1.54) is 11.8 Å². The van der Waals surface area contributed by atoms with Gasteiger partial charge in [0.25, 0.3) is 0 Å². The average Bonchev–Trinajstić information content (AvgIpc) is 2.53. The second-order valence-corrected chi connectivity index (χ2v) is 7.52. The van der Waals surface area contributed by atoms with Crippen molar-refractivity contribution in [3.05, 3.63) is 65.2 Å². The summed E-state index contributed by atoms with van der Waals surface area (Å²) in [6, 6.07) is 10.5. The van der Waals surface area contributed by atoms with E-state index in [1.807, 2.05) is 25.1 Å². The Labute approximate surface area is 154 Å². The molecule has 0 radical (unpaired) electrons. The Balaban J connectivity index is 1.74.